The first-order valence-electron chi connectivity index (χ1n) is 7.67. The van der Waals surface area contributed by atoms with E-state index in [-0.39, 0.29) is 12.5 Å². The molecule has 0 atom stereocenters. The van der Waals surface area contributed by atoms with Crippen molar-refractivity contribution in [2.24, 2.45) is 0 Å². The molecule has 0 saturated heterocycles. The molecule has 4 heteroatoms. The van der Waals surface area contributed by atoms with Crippen LogP contribution in [0, 0.1) is 6.92 Å². The molecule has 0 aliphatic heterocycles. The summed E-state index contributed by atoms with van der Waals surface area (Å²) in [4.78, 5) is 12.1. The summed E-state index contributed by atoms with van der Waals surface area (Å²) < 4.78 is 10.8. The van der Waals surface area contributed by atoms with Gasteiger partial charge in [-0.3, -0.25) is 4.79 Å². The summed E-state index contributed by atoms with van der Waals surface area (Å²) in [6, 6.07) is 13.4. The molecule has 4 nitrogen and oxygen atoms in total. The minimum Gasteiger partial charge on any atom is -0.495 e. The Morgan fingerprint density at radius 3 is 2.65 bits per heavy atom. The van der Waals surface area contributed by atoms with Gasteiger partial charge in [-0.25, -0.2) is 0 Å². The highest BCUT2D eigenvalue weighted by Gasteiger charge is 2.09. The van der Waals surface area contributed by atoms with E-state index >= 15 is 0 Å². The van der Waals surface area contributed by atoms with Gasteiger partial charge in [0, 0.05) is 0 Å². The van der Waals surface area contributed by atoms with Crippen LogP contribution in [-0.2, 0) is 4.79 Å². The van der Waals surface area contributed by atoms with E-state index in [1.807, 2.05) is 43.3 Å². The molecule has 0 radical (unpaired) electrons. The topological polar surface area (TPSA) is 47.6 Å². The summed E-state index contributed by atoms with van der Waals surface area (Å²) in [7, 11) is 1.58. The third-order valence-corrected chi connectivity index (χ3v) is 3.52. The monoisotopic (exact) mass is 313 g/mol. The van der Waals surface area contributed by atoms with Crippen molar-refractivity contribution in [2.75, 3.05) is 19.0 Å². The second kappa shape index (κ2) is 7.68. The lowest BCUT2D eigenvalue weighted by Gasteiger charge is -2.12. The van der Waals surface area contributed by atoms with Crippen LogP contribution in [0.4, 0.5) is 5.69 Å². The second-order valence-corrected chi connectivity index (χ2v) is 5.77. The van der Waals surface area contributed by atoms with E-state index < -0.39 is 0 Å². The second-order valence-electron chi connectivity index (χ2n) is 5.77. The third-order valence-electron chi connectivity index (χ3n) is 3.52. The first-order valence-corrected chi connectivity index (χ1v) is 7.67. The van der Waals surface area contributed by atoms with Crippen LogP contribution in [-0.4, -0.2) is 19.6 Å². The lowest BCUT2D eigenvalue weighted by atomic mass is 10.0. The number of hydrogen-bond donors (Lipinski definition) is 1. The Morgan fingerprint density at radius 2 is 1.96 bits per heavy atom. The fourth-order valence-electron chi connectivity index (χ4n) is 2.22. The first-order chi connectivity index (χ1) is 11.0. The standard InChI is InChI=1S/C19H23NO3/c1-13(2)15-6-5-7-16(11-15)23-12-19(21)20-17-10-14(3)8-9-18(17)22-4/h5-11,13H,12H2,1-4H3,(H,20,21). The van der Waals surface area contributed by atoms with Gasteiger partial charge in [0.05, 0.1) is 12.8 Å². The van der Waals surface area contributed by atoms with Crippen LogP contribution < -0.4 is 14.8 Å². The molecule has 2 rings (SSSR count). The average Bonchev–Trinajstić information content (AvgIpc) is 2.53. The van der Waals surface area contributed by atoms with Crippen LogP contribution in [0.3, 0.4) is 0 Å². The SMILES string of the molecule is COc1ccc(C)cc1NC(=O)COc1cccc(C(C)C)c1. The number of benzene rings is 2. The maximum absolute atomic E-state index is 12.1. The van der Waals surface area contributed by atoms with E-state index in [0.29, 0.717) is 23.1 Å². The summed E-state index contributed by atoms with van der Waals surface area (Å²) in [5, 5.41) is 2.82. The summed E-state index contributed by atoms with van der Waals surface area (Å²) in [6.07, 6.45) is 0. The molecule has 122 valence electrons. The Kier molecular flexibility index (Phi) is 5.63. The number of anilines is 1. The molecule has 0 heterocycles. The molecule has 1 N–H and O–H groups in total. The van der Waals surface area contributed by atoms with Gasteiger partial charge in [0.2, 0.25) is 0 Å². The Hall–Kier alpha value is -2.49. The van der Waals surface area contributed by atoms with Crippen molar-refractivity contribution < 1.29 is 14.3 Å². The average molecular weight is 313 g/mol. The van der Waals surface area contributed by atoms with E-state index in [2.05, 4.69) is 25.2 Å². The number of carbonyl (C=O) groups excluding carboxylic acids is 1. The van der Waals surface area contributed by atoms with Gasteiger partial charge >= 0.3 is 0 Å². The van der Waals surface area contributed by atoms with Crippen molar-refractivity contribution in [3.63, 3.8) is 0 Å². The van der Waals surface area contributed by atoms with E-state index in [1.54, 1.807) is 7.11 Å². The number of rotatable bonds is 6. The number of ether oxygens (including phenoxy) is 2. The first kappa shape index (κ1) is 16.9. The van der Waals surface area contributed by atoms with Crippen LogP contribution >= 0.6 is 0 Å². The van der Waals surface area contributed by atoms with Gasteiger partial charge in [0.25, 0.3) is 5.91 Å². The Labute approximate surface area is 137 Å². The smallest absolute Gasteiger partial charge is 0.262 e. The summed E-state index contributed by atoms with van der Waals surface area (Å²) in [6.45, 7) is 6.16. The molecule has 0 aliphatic carbocycles. The van der Waals surface area contributed by atoms with Crippen LogP contribution in [0.1, 0.15) is 30.9 Å². The van der Waals surface area contributed by atoms with Crippen LogP contribution in [0.15, 0.2) is 42.5 Å². The van der Waals surface area contributed by atoms with Gasteiger partial charge in [0.15, 0.2) is 6.61 Å². The maximum Gasteiger partial charge on any atom is 0.262 e. The summed E-state index contributed by atoms with van der Waals surface area (Å²) in [5.74, 6) is 1.53. The number of amides is 1. The van der Waals surface area contributed by atoms with Crippen LogP contribution in [0.2, 0.25) is 0 Å². The van der Waals surface area contributed by atoms with Gasteiger partial charge < -0.3 is 14.8 Å². The number of hydrogen-bond acceptors (Lipinski definition) is 3. The lowest BCUT2D eigenvalue weighted by molar-refractivity contribution is -0.118. The number of methoxy groups -OCH3 is 1. The Balaban J connectivity index is 1.98. The van der Waals surface area contributed by atoms with Gasteiger partial charge in [-0.1, -0.05) is 32.0 Å². The van der Waals surface area contributed by atoms with Crippen molar-refractivity contribution >= 4 is 11.6 Å². The molecule has 23 heavy (non-hydrogen) atoms. The van der Waals surface area contributed by atoms with E-state index in [1.165, 1.54) is 5.56 Å². The molecule has 0 spiro atoms. The molecular formula is C19H23NO3. The molecular weight excluding hydrogens is 290 g/mol. The highest BCUT2D eigenvalue weighted by atomic mass is 16.5. The predicted octanol–water partition coefficient (Wildman–Crippen LogP) is 4.14. The molecule has 0 fully saturated rings. The number of aryl methyl sites for hydroxylation is 1. The zero-order valence-electron chi connectivity index (χ0n) is 14.1. The fraction of sp³-hybridized carbons (Fsp3) is 0.316. The predicted molar refractivity (Wildman–Crippen MR) is 92.4 cm³/mol. The van der Waals surface area contributed by atoms with Gasteiger partial charge in [0.1, 0.15) is 11.5 Å². The van der Waals surface area contributed by atoms with Gasteiger partial charge in [-0.15, -0.1) is 0 Å². The quantitative estimate of drug-likeness (QED) is 0.871. The number of carbonyl (C=O) groups is 1. The molecule has 0 aliphatic rings. The largest absolute Gasteiger partial charge is 0.495 e. The summed E-state index contributed by atoms with van der Waals surface area (Å²) in [5.41, 5.74) is 2.88. The summed E-state index contributed by atoms with van der Waals surface area (Å²) >= 11 is 0. The van der Waals surface area contributed by atoms with Crippen molar-refractivity contribution in [1.82, 2.24) is 0 Å². The normalized spacial score (nSPS) is 10.5. The molecule has 2 aromatic rings. The van der Waals surface area contributed by atoms with Gasteiger partial charge in [-0.05, 0) is 48.2 Å². The highest BCUT2D eigenvalue weighted by molar-refractivity contribution is 5.93. The molecule has 0 unspecified atom stereocenters. The van der Waals surface area contributed by atoms with Crippen molar-refractivity contribution in [3.05, 3.63) is 53.6 Å². The van der Waals surface area contributed by atoms with Crippen molar-refractivity contribution in [3.8, 4) is 11.5 Å². The molecule has 2 aromatic carbocycles. The fourth-order valence-corrected chi connectivity index (χ4v) is 2.22. The van der Waals surface area contributed by atoms with E-state index in [9.17, 15) is 4.79 Å². The van der Waals surface area contributed by atoms with E-state index in [4.69, 9.17) is 9.47 Å². The van der Waals surface area contributed by atoms with Crippen molar-refractivity contribution in [1.29, 1.82) is 0 Å². The number of nitrogens with one attached hydrogen (secondary N) is 1. The molecule has 0 bridgehead atoms. The van der Waals surface area contributed by atoms with Crippen LogP contribution in [0.25, 0.3) is 0 Å². The Bertz CT molecular complexity index is 680. The molecule has 1 amide bonds. The highest BCUT2D eigenvalue weighted by Crippen LogP contribution is 2.25. The van der Waals surface area contributed by atoms with Crippen LogP contribution in [0.5, 0.6) is 11.5 Å². The molecule has 0 aromatic heterocycles. The lowest BCUT2D eigenvalue weighted by Crippen LogP contribution is -2.20. The zero-order valence-corrected chi connectivity index (χ0v) is 14.1. The van der Waals surface area contributed by atoms with Gasteiger partial charge in [-0.2, -0.15) is 0 Å². The Morgan fingerprint density at radius 1 is 1.17 bits per heavy atom. The minimum atomic E-state index is -0.219. The third kappa shape index (κ3) is 4.74. The van der Waals surface area contributed by atoms with Crippen molar-refractivity contribution in [2.45, 2.75) is 26.7 Å². The minimum absolute atomic E-state index is 0.0430. The molecule has 0 saturated carbocycles. The maximum atomic E-state index is 12.1. The zero-order chi connectivity index (χ0) is 16.8. The van der Waals surface area contributed by atoms with E-state index in [0.717, 1.165) is 5.56 Å².